The van der Waals surface area contributed by atoms with E-state index in [1.165, 1.54) is 32.1 Å². The standard InChI is InChI=1S/C19H27N3O3/c1-25-19(24)22-13-9-15(10-14-22)18(23)20-16-5-7-17(8-6-16)21-11-3-2-4-12-21/h5-8,15H,2-4,9-14H2,1H3,(H,20,23). The van der Waals surface area contributed by atoms with Crippen molar-refractivity contribution in [3.8, 4) is 0 Å². The van der Waals surface area contributed by atoms with Gasteiger partial charge in [-0.15, -0.1) is 0 Å². The molecular formula is C19H27N3O3. The highest BCUT2D eigenvalue weighted by molar-refractivity contribution is 5.92. The summed E-state index contributed by atoms with van der Waals surface area (Å²) in [5.74, 6) is -0.0158. The van der Waals surface area contributed by atoms with Crippen LogP contribution in [-0.2, 0) is 9.53 Å². The number of hydrogen-bond acceptors (Lipinski definition) is 4. The number of carbonyl (C=O) groups excluding carboxylic acids is 2. The summed E-state index contributed by atoms with van der Waals surface area (Å²) >= 11 is 0. The number of methoxy groups -OCH3 is 1. The topological polar surface area (TPSA) is 61.9 Å². The predicted octanol–water partition coefficient (Wildman–Crippen LogP) is 3.09. The Kier molecular flexibility index (Phi) is 5.79. The third-order valence-corrected chi connectivity index (χ3v) is 5.15. The molecule has 0 saturated carbocycles. The van der Waals surface area contributed by atoms with Gasteiger partial charge in [0.25, 0.3) is 0 Å². The van der Waals surface area contributed by atoms with Crippen LogP contribution in [-0.4, -0.2) is 50.2 Å². The number of anilines is 2. The maximum absolute atomic E-state index is 12.4. The molecule has 0 atom stereocenters. The fourth-order valence-electron chi connectivity index (χ4n) is 3.61. The van der Waals surface area contributed by atoms with Crippen molar-refractivity contribution >= 4 is 23.4 Å². The Labute approximate surface area is 149 Å². The van der Waals surface area contributed by atoms with Gasteiger partial charge in [0, 0.05) is 43.5 Å². The number of rotatable bonds is 3. The molecule has 1 aromatic carbocycles. The SMILES string of the molecule is COC(=O)N1CCC(C(=O)Nc2ccc(N3CCCCC3)cc2)CC1. The molecule has 2 heterocycles. The summed E-state index contributed by atoms with van der Waals surface area (Å²) in [6, 6.07) is 8.12. The minimum absolute atomic E-state index is 0.0373. The molecule has 2 fully saturated rings. The van der Waals surface area contributed by atoms with Gasteiger partial charge in [-0.2, -0.15) is 0 Å². The van der Waals surface area contributed by atoms with Gasteiger partial charge < -0.3 is 19.9 Å². The van der Waals surface area contributed by atoms with Crippen molar-refractivity contribution in [2.24, 2.45) is 5.92 Å². The summed E-state index contributed by atoms with van der Waals surface area (Å²) in [6.45, 7) is 3.37. The van der Waals surface area contributed by atoms with Crippen LogP contribution in [0.1, 0.15) is 32.1 Å². The molecule has 0 aromatic heterocycles. The number of benzene rings is 1. The molecule has 1 N–H and O–H groups in total. The zero-order chi connectivity index (χ0) is 17.6. The molecule has 3 rings (SSSR count). The van der Waals surface area contributed by atoms with Crippen LogP contribution in [0, 0.1) is 5.92 Å². The number of nitrogens with one attached hydrogen (secondary N) is 1. The maximum atomic E-state index is 12.4. The molecule has 0 unspecified atom stereocenters. The summed E-state index contributed by atoms with van der Waals surface area (Å²) in [7, 11) is 1.38. The van der Waals surface area contributed by atoms with Crippen LogP contribution in [0.2, 0.25) is 0 Å². The molecular weight excluding hydrogens is 318 g/mol. The minimum atomic E-state index is -0.313. The van der Waals surface area contributed by atoms with Gasteiger partial charge in [-0.1, -0.05) is 0 Å². The first kappa shape index (κ1) is 17.6. The highest BCUT2D eigenvalue weighted by Gasteiger charge is 2.27. The number of amides is 2. The van der Waals surface area contributed by atoms with Gasteiger partial charge in [0.1, 0.15) is 0 Å². The fraction of sp³-hybridized carbons (Fsp3) is 0.579. The third kappa shape index (κ3) is 4.44. The quantitative estimate of drug-likeness (QED) is 0.914. The molecule has 2 saturated heterocycles. The highest BCUT2D eigenvalue weighted by atomic mass is 16.5. The lowest BCUT2D eigenvalue weighted by Crippen LogP contribution is -2.41. The van der Waals surface area contributed by atoms with E-state index in [0.29, 0.717) is 25.9 Å². The van der Waals surface area contributed by atoms with Crippen molar-refractivity contribution in [3.63, 3.8) is 0 Å². The lowest BCUT2D eigenvalue weighted by Gasteiger charge is -2.30. The molecule has 136 valence electrons. The van der Waals surface area contributed by atoms with E-state index in [9.17, 15) is 9.59 Å². The average Bonchev–Trinajstić information content (AvgIpc) is 2.68. The summed E-state index contributed by atoms with van der Waals surface area (Å²) in [4.78, 5) is 28.0. The van der Waals surface area contributed by atoms with Crippen molar-refractivity contribution in [3.05, 3.63) is 24.3 Å². The van der Waals surface area contributed by atoms with Crippen LogP contribution in [0.5, 0.6) is 0 Å². The van der Waals surface area contributed by atoms with Crippen molar-refractivity contribution < 1.29 is 14.3 Å². The first-order valence-corrected chi connectivity index (χ1v) is 9.16. The molecule has 1 aromatic rings. The van der Waals surface area contributed by atoms with Crippen molar-refractivity contribution in [2.45, 2.75) is 32.1 Å². The van der Waals surface area contributed by atoms with E-state index < -0.39 is 0 Å². The van der Waals surface area contributed by atoms with E-state index in [2.05, 4.69) is 22.3 Å². The number of likely N-dealkylation sites (tertiary alicyclic amines) is 1. The van der Waals surface area contributed by atoms with Crippen molar-refractivity contribution in [2.75, 3.05) is 43.5 Å². The smallest absolute Gasteiger partial charge is 0.409 e. The minimum Gasteiger partial charge on any atom is -0.453 e. The number of piperidine rings is 2. The molecule has 6 nitrogen and oxygen atoms in total. The van der Waals surface area contributed by atoms with E-state index in [1.807, 2.05) is 12.1 Å². The van der Waals surface area contributed by atoms with E-state index in [-0.39, 0.29) is 17.9 Å². The van der Waals surface area contributed by atoms with E-state index in [1.54, 1.807) is 4.90 Å². The van der Waals surface area contributed by atoms with Crippen molar-refractivity contribution in [1.29, 1.82) is 0 Å². The fourth-order valence-corrected chi connectivity index (χ4v) is 3.61. The van der Waals surface area contributed by atoms with Gasteiger partial charge in [0.05, 0.1) is 7.11 Å². The Balaban J connectivity index is 1.50. The monoisotopic (exact) mass is 345 g/mol. The molecule has 2 aliphatic heterocycles. The van der Waals surface area contributed by atoms with Crippen LogP contribution in [0.15, 0.2) is 24.3 Å². The van der Waals surface area contributed by atoms with Gasteiger partial charge in [-0.3, -0.25) is 4.79 Å². The molecule has 0 spiro atoms. The lowest BCUT2D eigenvalue weighted by molar-refractivity contribution is -0.121. The summed E-state index contributed by atoms with van der Waals surface area (Å²) in [5.41, 5.74) is 2.06. The molecule has 0 radical (unpaired) electrons. The van der Waals surface area contributed by atoms with E-state index in [4.69, 9.17) is 4.74 Å². The van der Waals surface area contributed by atoms with Crippen LogP contribution < -0.4 is 10.2 Å². The Bertz CT molecular complexity index is 588. The van der Waals surface area contributed by atoms with Crippen molar-refractivity contribution in [1.82, 2.24) is 4.90 Å². The molecule has 6 heteroatoms. The Morgan fingerprint density at radius 3 is 2.24 bits per heavy atom. The highest BCUT2D eigenvalue weighted by Crippen LogP contribution is 2.23. The van der Waals surface area contributed by atoms with Gasteiger partial charge >= 0.3 is 6.09 Å². The molecule has 2 amide bonds. The number of ether oxygens (including phenoxy) is 1. The number of hydrogen-bond donors (Lipinski definition) is 1. The van der Waals surface area contributed by atoms with Gasteiger partial charge in [-0.25, -0.2) is 4.79 Å². The van der Waals surface area contributed by atoms with Crippen LogP contribution in [0.3, 0.4) is 0 Å². The van der Waals surface area contributed by atoms with Crippen LogP contribution in [0.25, 0.3) is 0 Å². The van der Waals surface area contributed by atoms with E-state index >= 15 is 0 Å². The normalized spacial score (nSPS) is 18.8. The number of carbonyl (C=O) groups is 2. The third-order valence-electron chi connectivity index (χ3n) is 5.15. The summed E-state index contributed by atoms with van der Waals surface area (Å²) in [5, 5.41) is 3.01. The largest absolute Gasteiger partial charge is 0.453 e. The Hall–Kier alpha value is -2.24. The molecule has 0 aliphatic carbocycles. The Morgan fingerprint density at radius 2 is 1.64 bits per heavy atom. The van der Waals surface area contributed by atoms with Crippen LogP contribution in [0.4, 0.5) is 16.2 Å². The molecule has 2 aliphatic rings. The molecule has 25 heavy (non-hydrogen) atoms. The number of nitrogens with zero attached hydrogens (tertiary/aromatic N) is 2. The Morgan fingerprint density at radius 1 is 1.00 bits per heavy atom. The summed E-state index contributed by atoms with van der Waals surface area (Å²) in [6.07, 6.45) is 4.86. The van der Waals surface area contributed by atoms with E-state index in [0.717, 1.165) is 18.8 Å². The van der Waals surface area contributed by atoms with Crippen LogP contribution >= 0.6 is 0 Å². The zero-order valence-corrected chi connectivity index (χ0v) is 14.9. The van der Waals surface area contributed by atoms with Gasteiger partial charge in [0.2, 0.25) is 5.91 Å². The second-order valence-corrected chi connectivity index (χ2v) is 6.82. The second-order valence-electron chi connectivity index (χ2n) is 6.82. The average molecular weight is 345 g/mol. The first-order chi connectivity index (χ1) is 12.2. The maximum Gasteiger partial charge on any atom is 0.409 e. The molecule has 0 bridgehead atoms. The lowest BCUT2D eigenvalue weighted by atomic mass is 9.96. The van der Waals surface area contributed by atoms with Gasteiger partial charge in [0.15, 0.2) is 0 Å². The summed E-state index contributed by atoms with van der Waals surface area (Å²) < 4.78 is 4.72. The zero-order valence-electron chi connectivity index (χ0n) is 14.9. The van der Waals surface area contributed by atoms with Gasteiger partial charge in [-0.05, 0) is 56.4 Å². The first-order valence-electron chi connectivity index (χ1n) is 9.16. The second kappa shape index (κ2) is 8.23. The predicted molar refractivity (Wildman–Crippen MR) is 97.8 cm³/mol.